The first-order valence-corrected chi connectivity index (χ1v) is 15.2. The molecule has 2 saturated heterocycles. The number of thiophene rings is 1. The number of likely N-dealkylation sites (tertiary alicyclic amines) is 1. The van der Waals surface area contributed by atoms with E-state index in [0.717, 1.165) is 11.3 Å². The van der Waals surface area contributed by atoms with Crippen LogP contribution in [0.3, 0.4) is 0 Å². The van der Waals surface area contributed by atoms with E-state index in [0.29, 0.717) is 47.7 Å². The zero-order chi connectivity index (χ0) is 31.9. The van der Waals surface area contributed by atoms with Crippen LogP contribution >= 0.6 is 11.3 Å². The smallest absolute Gasteiger partial charge is 0.412 e. The normalized spacial score (nSPS) is 19.0. The van der Waals surface area contributed by atoms with Crippen LogP contribution in [-0.2, 0) is 22.7 Å². The number of nitrogens with zero attached hydrogens (tertiary/aromatic N) is 5. The first-order chi connectivity index (χ1) is 21.4. The highest BCUT2D eigenvalue weighted by molar-refractivity contribution is 7.23. The van der Waals surface area contributed by atoms with Gasteiger partial charge in [0.05, 0.1) is 40.9 Å². The quantitative estimate of drug-likeness (QED) is 0.266. The van der Waals surface area contributed by atoms with Crippen molar-refractivity contribution in [1.82, 2.24) is 14.9 Å². The molecule has 2 atom stereocenters. The highest BCUT2D eigenvalue weighted by Gasteiger charge is 2.47. The number of amides is 2. The number of anilines is 2. The van der Waals surface area contributed by atoms with Crippen LogP contribution in [0.4, 0.5) is 29.2 Å². The van der Waals surface area contributed by atoms with E-state index in [1.165, 1.54) is 17.0 Å². The Morgan fingerprint density at radius 3 is 2.58 bits per heavy atom. The van der Waals surface area contributed by atoms with E-state index in [1.807, 2.05) is 4.90 Å². The van der Waals surface area contributed by atoms with Crippen molar-refractivity contribution < 1.29 is 33.0 Å². The zero-order valence-corrected chi connectivity index (χ0v) is 25.6. The van der Waals surface area contributed by atoms with Gasteiger partial charge < -0.3 is 24.4 Å². The summed E-state index contributed by atoms with van der Waals surface area (Å²) in [5.74, 6) is -0.423. The highest BCUT2D eigenvalue weighted by Crippen LogP contribution is 2.48. The van der Waals surface area contributed by atoms with E-state index in [1.54, 1.807) is 27.7 Å². The fraction of sp³-hybridized carbons (Fsp3) is 0.387. The maximum Gasteiger partial charge on any atom is 0.412 e. The summed E-state index contributed by atoms with van der Waals surface area (Å²) < 4.78 is 43.5. The van der Waals surface area contributed by atoms with Gasteiger partial charge in [0.1, 0.15) is 39.6 Å². The van der Waals surface area contributed by atoms with Gasteiger partial charge >= 0.3 is 12.2 Å². The molecule has 4 aromatic rings. The van der Waals surface area contributed by atoms with E-state index in [2.05, 4.69) is 16.4 Å². The number of aryl methyl sites for hydroxylation is 1. The second kappa shape index (κ2) is 10.2. The summed E-state index contributed by atoms with van der Waals surface area (Å²) in [6.07, 6.45) is -1.12. The van der Waals surface area contributed by atoms with Crippen LogP contribution < -0.4 is 10.2 Å². The number of aromatic nitrogens is 2. The maximum atomic E-state index is 17.0. The number of rotatable bonds is 3. The van der Waals surface area contributed by atoms with E-state index in [9.17, 15) is 20.0 Å². The number of carboxylic acid groups (broad SMARTS) is 1. The molecular formula is C31H28F2N6O5S. The number of piperazine rings is 1. The Hall–Kier alpha value is -4.61. The van der Waals surface area contributed by atoms with Crippen LogP contribution in [0.15, 0.2) is 12.1 Å². The van der Waals surface area contributed by atoms with Gasteiger partial charge in [-0.05, 0) is 56.9 Å². The van der Waals surface area contributed by atoms with Gasteiger partial charge in [0.25, 0.3) is 0 Å². The largest absolute Gasteiger partial charge is 0.465 e. The lowest BCUT2D eigenvalue weighted by atomic mass is 9.90. The van der Waals surface area contributed by atoms with E-state index in [4.69, 9.17) is 14.5 Å². The Morgan fingerprint density at radius 1 is 1.16 bits per heavy atom. The molecule has 0 spiro atoms. The highest BCUT2D eigenvalue weighted by atomic mass is 32.1. The monoisotopic (exact) mass is 634 g/mol. The number of nitriles is 1. The fourth-order valence-corrected chi connectivity index (χ4v) is 7.81. The molecule has 14 heteroatoms. The molecule has 0 aliphatic carbocycles. The number of carbonyl (C=O) groups is 2. The Labute approximate surface area is 260 Å². The molecular weight excluding hydrogens is 606 g/mol. The molecule has 0 radical (unpaired) electrons. The number of benzene rings is 2. The molecule has 3 aliphatic rings. The molecule has 45 heavy (non-hydrogen) atoms. The lowest BCUT2D eigenvalue weighted by Crippen LogP contribution is -2.48. The third-order valence-corrected chi connectivity index (χ3v) is 9.55. The van der Waals surface area contributed by atoms with Crippen molar-refractivity contribution in [2.75, 3.05) is 23.3 Å². The van der Waals surface area contributed by atoms with Crippen molar-refractivity contribution in [3.63, 3.8) is 0 Å². The maximum absolute atomic E-state index is 17.0. The lowest BCUT2D eigenvalue weighted by Gasteiger charge is -2.34. The molecule has 11 nitrogen and oxygen atoms in total. The van der Waals surface area contributed by atoms with E-state index < -0.39 is 29.4 Å². The minimum atomic E-state index is -0.962. The summed E-state index contributed by atoms with van der Waals surface area (Å²) in [5, 5.41) is 23.1. The summed E-state index contributed by atoms with van der Waals surface area (Å²) in [5.41, 5.74) is 0.880. The molecule has 2 fully saturated rings. The number of ether oxygens (including phenoxy) is 2. The molecule has 0 unspecified atom stereocenters. The van der Waals surface area contributed by atoms with Crippen LogP contribution in [-0.4, -0.2) is 62.9 Å². The van der Waals surface area contributed by atoms with Gasteiger partial charge in [-0.15, -0.1) is 11.3 Å². The Bertz CT molecular complexity index is 2000. The average molecular weight is 635 g/mol. The van der Waals surface area contributed by atoms with Gasteiger partial charge in [-0.25, -0.2) is 28.3 Å². The molecule has 3 aliphatic heterocycles. The number of hydrogen-bond acceptors (Lipinski definition) is 9. The fourth-order valence-electron chi connectivity index (χ4n) is 6.74. The van der Waals surface area contributed by atoms with Crippen LogP contribution in [0.5, 0.6) is 0 Å². The predicted molar refractivity (Wildman–Crippen MR) is 162 cm³/mol. The van der Waals surface area contributed by atoms with Crippen LogP contribution in [0.2, 0.25) is 0 Å². The van der Waals surface area contributed by atoms with Crippen LogP contribution in [0.25, 0.3) is 32.1 Å². The lowest BCUT2D eigenvalue weighted by molar-refractivity contribution is 0.0636. The van der Waals surface area contributed by atoms with Gasteiger partial charge in [-0.1, -0.05) is 6.07 Å². The van der Waals surface area contributed by atoms with Crippen molar-refractivity contribution in [3.8, 4) is 17.2 Å². The minimum absolute atomic E-state index is 0.0156. The summed E-state index contributed by atoms with van der Waals surface area (Å²) in [4.78, 5) is 37.0. The van der Waals surface area contributed by atoms with E-state index in [-0.39, 0.29) is 62.6 Å². The summed E-state index contributed by atoms with van der Waals surface area (Å²) in [7, 11) is 0. The van der Waals surface area contributed by atoms with Crippen molar-refractivity contribution in [3.05, 3.63) is 46.3 Å². The number of carbonyl (C=O) groups excluding carboxylic acids is 1. The standard InChI is InChI=1S/C31H28F2N6O5S/c1-13-35-25-23(27(36-13)38-9-15-7-14(38)10-39(15)30(41)42)19-12-43-11-18(19)21(24(25)33)16-5-6-20(32)26-22(16)17(8-34)28(45-26)37-29(40)44-31(2,3)4/h5-6,14-15H,7,9-12H2,1-4H3,(H,37,40)(H,41,42)/t14-,15-/m1/s1. The third-order valence-electron chi connectivity index (χ3n) is 8.43. The predicted octanol–water partition coefficient (Wildman–Crippen LogP) is 6.29. The SMILES string of the molecule is Cc1nc(N2C[C@H]3C[C@@H]2CN3C(=O)O)c2c3c(c(-c4ccc(F)c5sc(NC(=O)OC(C)(C)C)c(C#N)c45)c(F)c2n1)COC3. The Kier molecular flexibility index (Phi) is 6.61. The summed E-state index contributed by atoms with van der Waals surface area (Å²) in [6.45, 7) is 7.73. The Morgan fingerprint density at radius 2 is 1.91 bits per heavy atom. The average Bonchev–Trinajstić information content (AvgIpc) is 3.75. The molecule has 2 aromatic heterocycles. The minimum Gasteiger partial charge on any atom is -0.465 e. The van der Waals surface area contributed by atoms with Crippen molar-refractivity contribution in [1.29, 1.82) is 5.26 Å². The Balaban J connectivity index is 1.42. The third kappa shape index (κ3) is 4.60. The first-order valence-electron chi connectivity index (χ1n) is 14.4. The molecule has 2 N–H and O–H groups in total. The molecule has 232 valence electrons. The van der Waals surface area contributed by atoms with Gasteiger partial charge in [0, 0.05) is 24.0 Å². The molecule has 0 saturated carbocycles. The van der Waals surface area contributed by atoms with E-state index >= 15 is 8.78 Å². The number of hydrogen-bond donors (Lipinski definition) is 2. The van der Waals surface area contributed by atoms with Crippen molar-refractivity contribution in [2.45, 2.75) is 65.0 Å². The van der Waals surface area contributed by atoms with Gasteiger partial charge in [0.2, 0.25) is 0 Å². The van der Waals surface area contributed by atoms with Crippen LogP contribution in [0, 0.1) is 29.9 Å². The molecule has 2 bridgehead atoms. The zero-order valence-electron chi connectivity index (χ0n) is 24.8. The number of nitrogens with one attached hydrogen (secondary N) is 1. The number of fused-ring (bicyclic) bond motifs is 6. The summed E-state index contributed by atoms with van der Waals surface area (Å²) in [6, 6.07) is 4.42. The van der Waals surface area contributed by atoms with Crippen LogP contribution in [0.1, 0.15) is 49.7 Å². The molecule has 2 aromatic carbocycles. The first kappa shape index (κ1) is 29.1. The summed E-state index contributed by atoms with van der Waals surface area (Å²) >= 11 is 0.871. The molecule has 2 amide bonds. The van der Waals surface area contributed by atoms with Gasteiger partial charge in [0.15, 0.2) is 5.82 Å². The second-order valence-electron chi connectivity index (χ2n) is 12.4. The van der Waals surface area contributed by atoms with Gasteiger partial charge in [-0.3, -0.25) is 5.32 Å². The topological polar surface area (TPSA) is 141 Å². The van der Waals surface area contributed by atoms with Crippen molar-refractivity contribution >= 4 is 55.3 Å². The molecule has 5 heterocycles. The van der Waals surface area contributed by atoms with Gasteiger partial charge in [-0.2, -0.15) is 5.26 Å². The second-order valence-corrected chi connectivity index (χ2v) is 13.5. The number of halogens is 2. The molecule has 7 rings (SSSR count). The van der Waals surface area contributed by atoms with Crippen molar-refractivity contribution in [2.24, 2.45) is 0 Å².